The summed E-state index contributed by atoms with van der Waals surface area (Å²) in [6, 6.07) is 0. The fourth-order valence-corrected chi connectivity index (χ4v) is 0.572. The first-order valence-electron chi connectivity index (χ1n) is 2.68. The van der Waals surface area contributed by atoms with Crippen LogP contribution in [0.15, 0.2) is 12.5 Å². The van der Waals surface area contributed by atoms with Crippen molar-refractivity contribution < 1.29 is 9.18 Å². The monoisotopic (exact) mass is 140 g/mol. The molecule has 0 bridgehead atoms. The third-order valence-corrected chi connectivity index (χ3v) is 1.00. The maximum atomic E-state index is 12.5. The summed E-state index contributed by atoms with van der Waals surface area (Å²) >= 11 is 0. The Kier molecular flexibility index (Phi) is 1.71. The maximum absolute atomic E-state index is 12.5. The van der Waals surface area contributed by atoms with Crippen molar-refractivity contribution >= 4 is 5.78 Å². The summed E-state index contributed by atoms with van der Waals surface area (Å²) in [6.07, 6.45) is 2.10. The van der Waals surface area contributed by atoms with Gasteiger partial charge in [-0.15, -0.1) is 0 Å². The molecule has 0 aliphatic rings. The maximum Gasteiger partial charge on any atom is 0.181 e. The molecule has 0 saturated carbocycles. The Labute approximate surface area is 56.9 Å². The predicted octanol–water partition coefficient (Wildman–Crippen LogP) is 0.818. The van der Waals surface area contributed by atoms with E-state index in [2.05, 4.69) is 9.97 Å². The molecule has 4 heteroatoms. The molecule has 0 saturated heterocycles. The van der Waals surface area contributed by atoms with Gasteiger partial charge in [0, 0.05) is 6.92 Å². The number of carbonyl (C=O) groups is 1. The largest absolute Gasteiger partial charge is 0.293 e. The molecule has 0 amide bonds. The highest BCUT2D eigenvalue weighted by Gasteiger charge is 2.06. The highest BCUT2D eigenvalue weighted by Crippen LogP contribution is 1.99. The lowest BCUT2D eigenvalue weighted by Gasteiger charge is -1.92. The number of hydrogen-bond acceptors (Lipinski definition) is 3. The normalized spacial score (nSPS) is 9.40. The minimum atomic E-state index is -0.671. The summed E-state index contributed by atoms with van der Waals surface area (Å²) in [7, 11) is 0. The zero-order valence-corrected chi connectivity index (χ0v) is 5.34. The number of hydrogen-bond donors (Lipinski definition) is 0. The molecule has 1 heterocycles. The molecule has 1 aromatic rings. The van der Waals surface area contributed by atoms with Crippen LogP contribution in [0.2, 0.25) is 0 Å². The van der Waals surface area contributed by atoms with Crippen molar-refractivity contribution in [3.63, 3.8) is 0 Å². The van der Waals surface area contributed by atoms with Gasteiger partial charge < -0.3 is 0 Å². The van der Waals surface area contributed by atoms with Crippen molar-refractivity contribution in [2.45, 2.75) is 6.92 Å². The van der Waals surface area contributed by atoms with Crippen LogP contribution in [0.4, 0.5) is 4.39 Å². The molecule has 0 radical (unpaired) electrons. The number of halogens is 1. The van der Waals surface area contributed by atoms with Crippen LogP contribution < -0.4 is 0 Å². The zero-order chi connectivity index (χ0) is 7.56. The molecule has 0 aromatic carbocycles. The Morgan fingerprint density at radius 1 is 1.70 bits per heavy atom. The van der Waals surface area contributed by atoms with E-state index in [0.717, 1.165) is 12.5 Å². The van der Waals surface area contributed by atoms with Crippen molar-refractivity contribution in [3.05, 3.63) is 24.0 Å². The van der Waals surface area contributed by atoms with Crippen molar-refractivity contribution in [1.29, 1.82) is 0 Å². The van der Waals surface area contributed by atoms with E-state index in [0.29, 0.717) is 0 Å². The molecule has 52 valence electrons. The van der Waals surface area contributed by atoms with Crippen molar-refractivity contribution in [2.75, 3.05) is 0 Å². The molecule has 0 aliphatic heterocycles. The van der Waals surface area contributed by atoms with Gasteiger partial charge in [-0.3, -0.25) is 4.79 Å². The van der Waals surface area contributed by atoms with Gasteiger partial charge >= 0.3 is 0 Å². The summed E-state index contributed by atoms with van der Waals surface area (Å²) in [5, 5.41) is 0. The van der Waals surface area contributed by atoms with Gasteiger partial charge in [0.05, 0.1) is 6.20 Å². The molecule has 1 rings (SSSR count). The highest BCUT2D eigenvalue weighted by molar-refractivity contribution is 5.92. The first-order valence-corrected chi connectivity index (χ1v) is 2.68. The van der Waals surface area contributed by atoms with Crippen LogP contribution >= 0.6 is 0 Å². The van der Waals surface area contributed by atoms with E-state index in [1.54, 1.807) is 0 Å². The Bertz CT molecular complexity index is 262. The Morgan fingerprint density at radius 3 is 2.80 bits per heavy atom. The summed E-state index contributed by atoms with van der Waals surface area (Å²) in [5.41, 5.74) is -0.157. The minimum Gasteiger partial charge on any atom is -0.293 e. The lowest BCUT2D eigenvalue weighted by atomic mass is 10.3. The summed E-state index contributed by atoms with van der Waals surface area (Å²) < 4.78 is 12.5. The van der Waals surface area contributed by atoms with Gasteiger partial charge in [-0.2, -0.15) is 0 Å². The molecular formula is C6H5FN2O. The molecule has 0 fully saturated rings. The van der Waals surface area contributed by atoms with Crippen LogP contribution in [0.5, 0.6) is 0 Å². The predicted molar refractivity (Wildman–Crippen MR) is 32.0 cm³/mol. The summed E-state index contributed by atoms with van der Waals surface area (Å²) in [6.45, 7) is 1.26. The van der Waals surface area contributed by atoms with E-state index in [-0.39, 0.29) is 11.5 Å². The number of carbonyl (C=O) groups excluding carboxylic acids is 1. The number of rotatable bonds is 1. The molecule has 0 aliphatic carbocycles. The molecular weight excluding hydrogens is 135 g/mol. The van der Waals surface area contributed by atoms with Crippen LogP contribution in [0, 0.1) is 5.82 Å². The number of ketones is 1. The molecule has 10 heavy (non-hydrogen) atoms. The van der Waals surface area contributed by atoms with E-state index in [9.17, 15) is 9.18 Å². The fourth-order valence-electron chi connectivity index (χ4n) is 0.572. The van der Waals surface area contributed by atoms with Gasteiger partial charge in [0.2, 0.25) is 0 Å². The van der Waals surface area contributed by atoms with E-state index in [1.807, 2.05) is 0 Å². The smallest absolute Gasteiger partial charge is 0.181 e. The van der Waals surface area contributed by atoms with Gasteiger partial charge in [0.1, 0.15) is 12.0 Å². The highest BCUT2D eigenvalue weighted by atomic mass is 19.1. The fraction of sp³-hybridized carbons (Fsp3) is 0.167. The lowest BCUT2D eigenvalue weighted by Crippen LogP contribution is -2.00. The Balaban J connectivity index is 3.15. The van der Waals surface area contributed by atoms with E-state index in [4.69, 9.17) is 0 Å². The van der Waals surface area contributed by atoms with Gasteiger partial charge in [-0.05, 0) is 0 Å². The Hall–Kier alpha value is -1.32. The Morgan fingerprint density at radius 2 is 2.40 bits per heavy atom. The molecule has 0 spiro atoms. The second-order valence-electron chi connectivity index (χ2n) is 1.78. The zero-order valence-electron chi connectivity index (χ0n) is 5.34. The molecule has 3 nitrogen and oxygen atoms in total. The van der Waals surface area contributed by atoms with E-state index in [1.165, 1.54) is 6.92 Å². The van der Waals surface area contributed by atoms with Gasteiger partial charge in [0.15, 0.2) is 11.6 Å². The van der Waals surface area contributed by atoms with Crippen LogP contribution in [0.1, 0.15) is 17.4 Å². The number of Topliss-reactive ketones (excluding diaryl/α,β-unsaturated/α-hetero) is 1. The molecule has 0 N–H and O–H groups in total. The van der Waals surface area contributed by atoms with Crippen molar-refractivity contribution in [1.82, 2.24) is 9.97 Å². The van der Waals surface area contributed by atoms with Crippen LogP contribution in [-0.2, 0) is 0 Å². The first kappa shape index (κ1) is 6.80. The topological polar surface area (TPSA) is 42.9 Å². The SMILES string of the molecule is CC(=O)c1ncncc1F. The quantitative estimate of drug-likeness (QED) is 0.542. The average Bonchev–Trinajstić information content (AvgIpc) is 1.88. The summed E-state index contributed by atoms with van der Waals surface area (Å²) in [4.78, 5) is 17.4. The van der Waals surface area contributed by atoms with Crippen LogP contribution in [-0.4, -0.2) is 15.8 Å². The third kappa shape index (κ3) is 1.15. The molecule has 1 aromatic heterocycles. The number of nitrogens with zero attached hydrogens (tertiary/aromatic N) is 2. The van der Waals surface area contributed by atoms with Crippen molar-refractivity contribution in [3.8, 4) is 0 Å². The van der Waals surface area contributed by atoms with Crippen LogP contribution in [0.25, 0.3) is 0 Å². The lowest BCUT2D eigenvalue weighted by molar-refractivity contribution is 0.100. The third-order valence-electron chi connectivity index (χ3n) is 1.00. The van der Waals surface area contributed by atoms with Gasteiger partial charge in [-0.25, -0.2) is 14.4 Å². The second kappa shape index (κ2) is 2.51. The summed E-state index contributed by atoms with van der Waals surface area (Å²) in [5.74, 6) is -1.06. The molecule has 0 unspecified atom stereocenters. The van der Waals surface area contributed by atoms with E-state index >= 15 is 0 Å². The standard InChI is InChI=1S/C6H5FN2O/c1-4(10)6-5(7)2-8-3-9-6/h2-3H,1H3. The minimum absolute atomic E-state index is 0.157. The van der Waals surface area contributed by atoms with Crippen molar-refractivity contribution in [2.24, 2.45) is 0 Å². The van der Waals surface area contributed by atoms with Crippen LogP contribution in [0.3, 0.4) is 0 Å². The second-order valence-corrected chi connectivity index (χ2v) is 1.78. The van der Waals surface area contributed by atoms with Gasteiger partial charge in [-0.1, -0.05) is 0 Å². The van der Waals surface area contributed by atoms with E-state index < -0.39 is 5.82 Å². The average molecular weight is 140 g/mol. The van der Waals surface area contributed by atoms with Gasteiger partial charge in [0.25, 0.3) is 0 Å². The number of aromatic nitrogens is 2. The molecule has 0 atom stereocenters. The first-order chi connectivity index (χ1) is 4.72.